The maximum absolute atomic E-state index is 13.3. The van der Waals surface area contributed by atoms with Crippen LogP contribution in [-0.4, -0.2) is 38.4 Å². The Hall–Kier alpha value is -2.68. The molecule has 28 heavy (non-hydrogen) atoms. The Balaban J connectivity index is 1.65. The lowest BCUT2D eigenvalue weighted by Gasteiger charge is -2.22. The first-order valence-electron chi connectivity index (χ1n) is 8.89. The molecule has 0 aliphatic carbocycles. The van der Waals surface area contributed by atoms with Gasteiger partial charge in [-0.3, -0.25) is 9.52 Å². The second-order valence-electron chi connectivity index (χ2n) is 6.66. The third-order valence-electron chi connectivity index (χ3n) is 4.51. The lowest BCUT2D eigenvalue weighted by molar-refractivity contribution is -0.130. The Bertz CT molecular complexity index is 959. The zero-order valence-electron chi connectivity index (χ0n) is 15.3. The first-order chi connectivity index (χ1) is 13.3. The van der Waals surface area contributed by atoms with Crippen molar-refractivity contribution in [1.82, 2.24) is 4.90 Å². The fourth-order valence-electron chi connectivity index (χ4n) is 3.02. The van der Waals surface area contributed by atoms with Crippen molar-refractivity contribution in [2.24, 2.45) is 0 Å². The molecule has 6 nitrogen and oxygen atoms in total. The summed E-state index contributed by atoms with van der Waals surface area (Å²) in [5, 5.41) is 3.09. The van der Waals surface area contributed by atoms with Crippen molar-refractivity contribution in [2.45, 2.75) is 30.7 Å². The summed E-state index contributed by atoms with van der Waals surface area (Å²) in [5.41, 5.74) is 0.921. The maximum Gasteiger partial charge on any atom is 0.261 e. The van der Waals surface area contributed by atoms with Crippen LogP contribution in [0.3, 0.4) is 0 Å². The van der Waals surface area contributed by atoms with Gasteiger partial charge in [-0.2, -0.15) is 0 Å². The van der Waals surface area contributed by atoms with Crippen LogP contribution in [0, 0.1) is 11.6 Å². The molecule has 3 rings (SSSR count). The number of halogens is 2. The number of carbonyl (C=O) groups excluding carboxylic acids is 1. The van der Waals surface area contributed by atoms with Crippen molar-refractivity contribution < 1.29 is 22.0 Å². The topological polar surface area (TPSA) is 78.5 Å². The number of nitrogens with zero attached hydrogens (tertiary/aromatic N) is 1. The van der Waals surface area contributed by atoms with Crippen LogP contribution in [0.25, 0.3) is 0 Å². The molecule has 2 aromatic rings. The number of hydrogen-bond acceptors (Lipinski definition) is 4. The van der Waals surface area contributed by atoms with E-state index in [1.807, 2.05) is 4.90 Å². The Kier molecular flexibility index (Phi) is 5.83. The molecule has 0 aromatic heterocycles. The lowest BCUT2D eigenvalue weighted by atomic mass is 10.2. The normalized spacial score (nSPS) is 15.3. The smallest absolute Gasteiger partial charge is 0.261 e. The van der Waals surface area contributed by atoms with Gasteiger partial charge in [0.15, 0.2) is 11.6 Å². The summed E-state index contributed by atoms with van der Waals surface area (Å²) < 4.78 is 53.2. The fraction of sp³-hybridized carbons (Fsp3) is 0.316. The maximum atomic E-state index is 13.3. The standard InChI is InChI=1S/C19H21F2N3O3S/c1-13(19(25)24-10-2-3-11-24)22-14-4-6-15(7-5-14)23-28(26,27)16-8-9-17(20)18(21)12-16/h4-9,12-13,22-23H,2-3,10-11H2,1H3/t13-/m1/s1. The predicted octanol–water partition coefficient (Wildman–Crippen LogP) is 3.19. The molecule has 1 aliphatic heterocycles. The van der Waals surface area contributed by atoms with E-state index < -0.39 is 27.7 Å². The average molecular weight is 409 g/mol. The highest BCUT2D eigenvalue weighted by Gasteiger charge is 2.23. The molecule has 2 aromatic carbocycles. The monoisotopic (exact) mass is 409 g/mol. The van der Waals surface area contributed by atoms with Crippen LogP contribution in [0.15, 0.2) is 47.4 Å². The van der Waals surface area contributed by atoms with Gasteiger partial charge in [0, 0.05) is 24.5 Å². The van der Waals surface area contributed by atoms with Gasteiger partial charge in [-0.05, 0) is 62.2 Å². The molecular formula is C19H21F2N3O3S. The molecular weight excluding hydrogens is 388 g/mol. The molecule has 0 bridgehead atoms. The highest BCUT2D eigenvalue weighted by Crippen LogP contribution is 2.21. The number of likely N-dealkylation sites (tertiary alicyclic amines) is 1. The number of sulfonamides is 1. The third kappa shape index (κ3) is 4.59. The van der Waals surface area contributed by atoms with Crippen LogP contribution < -0.4 is 10.0 Å². The minimum Gasteiger partial charge on any atom is -0.374 e. The van der Waals surface area contributed by atoms with E-state index in [4.69, 9.17) is 0 Å². The van der Waals surface area contributed by atoms with E-state index in [-0.39, 0.29) is 16.5 Å². The molecule has 1 heterocycles. The van der Waals surface area contributed by atoms with Gasteiger partial charge in [0.25, 0.3) is 10.0 Å². The zero-order valence-corrected chi connectivity index (χ0v) is 16.1. The van der Waals surface area contributed by atoms with Crippen molar-refractivity contribution in [1.29, 1.82) is 0 Å². The number of benzene rings is 2. The summed E-state index contributed by atoms with van der Waals surface area (Å²) in [6.07, 6.45) is 2.04. The number of amides is 1. The van der Waals surface area contributed by atoms with Crippen molar-refractivity contribution in [3.05, 3.63) is 54.1 Å². The van der Waals surface area contributed by atoms with E-state index in [0.29, 0.717) is 11.8 Å². The molecule has 1 aliphatic rings. The quantitative estimate of drug-likeness (QED) is 0.768. The van der Waals surface area contributed by atoms with E-state index in [1.165, 1.54) is 12.1 Å². The molecule has 0 spiro atoms. The average Bonchev–Trinajstić information content (AvgIpc) is 3.19. The third-order valence-corrected chi connectivity index (χ3v) is 5.89. The van der Waals surface area contributed by atoms with Crippen LogP contribution in [-0.2, 0) is 14.8 Å². The van der Waals surface area contributed by atoms with Gasteiger partial charge in [0.05, 0.1) is 4.90 Å². The summed E-state index contributed by atoms with van der Waals surface area (Å²) in [7, 11) is -4.05. The summed E-state index contributed by atoms with van der Waals surface area (Å²) in [6, 6.07) is 8.28. The van der Waals surface area contributed by atoms with Crippen molar-refractivity contribution >= 4 is 27.3 Å². The highest BCUT2D eigenvalue weighted by molar-refractivity contribution is 7.92. The second-order valence-corrected chi connectivity index (χ2v) is 8.34. The highest BCUT2D eigenvalue weighted by atomic mass is 32.2. The first kappa shape index (κ1) is 20.1. The van der Waals surface area contributed by atoms with Crippen molar-refractivity contribution in [3.63, 3.8) is 0 Å². The van der Waals surface area contributed by atoms with Gasteiger partial charge in [-0.1, -0.05) is 0 Å². The van der Waals surface area contributed by atoms with Gasteiger partial charge in [-0.15, -0.1) is 0 Å². The Morgan fingerprint density at radius 3 is 2.21 bits per heavy atom. The van der Waals surface area contributed by atoms with Gasteiger partial charge >= 0.3 is 0 Å². The van der Waals surface area contributed by atoms with E-state index in [2.05, 4.69) is 10.0 Å². The number of hydrogen-bond donors (Lipinski definition) is 2. The zero-order chi connectivity index (χ0) is 20.3. The molecule has 150 valence electrons. The number of anilines is 2. The predicted molar refractivity (Wildman–Crippen MR) is 103 cm³/mol. The summed E-state index contributed by atoms with van der Waals surface area (Å²) >= 11 is 0. The molecule has 0 radical (unpaired) electrons. The van der Waals surface area contributed by atoms with Gasteiger partial charge < -0.3 is 10.2 Å². The van der Waals surface area contributed by atoms with Gasteiger partial charge in [0.2, 0.25) is 5.91 Å². The van der Waals surface area contributed by atoms with Gasteiger partial charge in [-0.25, -0.2) is 17.2 Å². The molecule has 1 atom stereocenters. The van der Waals surface area contributed by atoms with E-state index in [0.717, 1.165) is 38.1 Å². The summed E-state index contributed by atoms with van der Waals surface area (Å²) in [6.45, 7) is 3.32. The van der Waals surface area contributed by atoms with E-state index >= 15 is 0 Å². The lowest BCUT2D eigenvalue weighted by Crippen LogP contribution is -2.39. The SMILES string of the molecule is C[C@@H](Nc1ccc(NS(=O)(=O)c2ccc(F)c(F)c2)cc1)C(=O)N1CCCC1. The molecule has 1 amide bonds. The summed E-state index contributed by atoms with van der Waals surface area (Å²) in [4.78, 5) is 13.8. The molecule has 0 saturated carbocycles. The number of rotatable bonds is 6. The Morgan fingerprint density at radius 2 is 1.61 bits per heavy atom. The Morgan fingerprint density at radius 1 is 1.00 bits per heavy atom. The molecule has 0 unspecified atom stereocenters. The molecule has 1 saturated heterocycles. The Labute approximate surface area is 162 Å². The van der Waals surface area contributed by atoms with Crippen LogP contribution in [0.1, 0.15) is 19.8 Å². The van der Waals surface area contributed by atoms with E-state index in [9.17, 15) is 22.0 Å². The number of carbonyl (C=O) groups is 1. The number of nitrogens with one attached hydrogen (secondary N) is 2. The summed E-state index contributed by atoms with van der Waals surface area (Å²) in [5.74, 6) is -2.33. The molecule has 1 fully saturated rings. The van der Waals surface area contributed by atoms with Crippen LogP contribution in [0.4, 0.5) is 20.2 Å². The van der Waals surface area contributed by atoms with Crippen molar-refractivity contribution in [3.8, 4) is 0 Å². The second kappa shape index (κ2) is 8.14. The first-order valence-corrected chi connectivity index (χ1v) is 10.4. The molecule has 9 heteroatoms. The minimum atomic E-state index is -4.05. The van der Waals surface area contributed by atoms with E-state index in [1.54, 1.807) is 19.1 Å². The minimum absolute atomic E-state index is 0.0283. The largest absolute Gasteiger partial charge is 0.374 e. The van der Waals surface area contributed by atoms with Crippen LogP contribution >= 0.6 is 0 Å². The van der Waals surface area contributed by atoms with Crippen molar-refractivity contribution in [2.75, 3.05) is 23.1 Å². The van der Waals surface area contributed by atoms with Gasteiger partial charge in [0.1, 0.15) is 6.04 Å². The van der Waals surface area contributed by atoms with Crippen LogP contribution in [0.5, 0.6) is 0 Å². The fourth-order valence-corrected chi connectivity index (χ4v) is 4.09. The van der Waals surface area contributed by atoms with Crippen LogP contribution in [0.2, 0.25) is 0 Å². The molecule has 2 N–H and O–H groups in total.